The van der Waals surface area contributed by atoms with Gasteiger partial charge in [0.25, 0.3) is 0 Å². The predicted molar refractivity (Wildman–Crippen MR) is 168 cm³/mol. The number of anilines is 1. The highest BCUT2D eigenvalue weighted by Gasteiger charge is 2.25. The Morgan fingerprint density at radius 2 is 1.74 bits per heavy atom. The van der Waals surface area contributed by atoms with Crippen molar-refractivity contribution in [2.75, 3.05) is 25.0 Å². The SMILES string of the molecule is C=C(/N=C\C1=C(C)c2ccccc2C(c2cccc(Br)c2)C1)Nc1ccc(CCN(CCC)CCC)cc1. The number of nitrogens with one attached hydrogen (secondary N) is 1. The number of halogens is 1. The van der Waals surface area contributed by atoms with Crippen molar-refractivity contribution < 1.29 is 0 Å². The van der Waals surface area contributed by atoms with E-state index in [0.29, 0.717) is 11.7 Å². The van der Waals surface area contributed by atoms with Crippen molar-refractivity contribution in [2.45, 2.75) is 52.4 Å². The van der Waals surface area contributed by atoms with E-state index >= 15 is 0 Å². The summed E-state index contributed by atoms with van der Waals surface area (Å²) in [5.41, 5.74) is 8.91. The minimum Gasteiger partial charge on any atom is -0.341 e. The molecule has 1 N–H and O–H groups in total. The maximum atomic E-state index is 4.73. The first-order chi connectivity index (χ1) is 18.5. The minimum atomic E-state index is 0.299. The Kier molecular flexibility index (Phi) is 10.1. The van der Waals surface area contributed by atoms with Gasteiger partial charge in [-0.05, 0) is 103 Å². The number of benzene rings is 3. The van der Waals surface area contributed by atoms with Crippen LogP contribution in [0.3, 0.4) is 0 Å². The molecule has 1 aliphatic carbocycles. The molecule has 0 bridgehead atoms. The lowest BCUT2D eigenvalue weighted by Crippen LogP contribution is -2.27. The van der Waals surface area contributed by atoms with Gasteiger partial charge in [0.05, 0.1) is 0 Å². The van der Waals surface area contributed by atoms with Crippen molar-refractivity contribution in [3.8, 4) is 0 Å². The van der Waals surface area contributed by atoms with Crippen molar-refractivity contribution in [3.63, 3.8) is 0 Å². The molecule has 0 spiro atoms. The van der Waals surface area contributed by atoms with Crippen LogP contribution in [0.4, 0.5) is 5.69 Å². The van der Waals surface area contributed by atoms with Gasteiger partial charge in [-0.2, -0.15) is 0 Å². The maximum Gasteiger partial charge on any atom is 0.122 e. The molecule has 0 aromatic heterocycles. The molecule has 198 valence electrons. The van der Waals surface area contributed by atoms with Crippen LogP contribution in [0.1, 0.15) is 68.2 Å². The highest BCUT2D eigenvalue weighted by Crippen LogP contribution is 2.42. The molecule has 0 radical (unpaired) electrons. The summed E-state index contributed by atoms with van der Waals surface area (Å²) in [6, 6.07) is 26.1. The van der Waals surface area contributed by atoms with Gasteiger partial charge < -0.3 is 10.2 Å². The molecular formula is C34H40BrN3. The topological polar surface area (TPSA) is 27.6 Å². The summed E-state index contributed by atoms with van der Waals surface area (Å²) in [4.78, 5) is 7.29. The summed E-state index contributed by atoms with van der Waals surface area (Å²) >= 11 is 3.65. The lowest BCUT2D eigenvalue weighted by molar-refractivity contribution is 0.278. The van der Waals surface area contributed by atoms with Crippen LogP contribution in [-0.2, 0) is 6.42 Å². The van der Waals surface area contributed by atoms with E-state index in [1.165, 1.54) is 59.3 Å². The van der Waals surface area contributed by atoms with Crippen LogP contribution in [0.25, 0.3) is 5.57 Å². The Labute approximate surface area is 237 Å². The van der Waals surface area contributed by atoms with Crippen LogP contribution in [0.2, 0.25) is 0 Å². The van der Waals surface area contributed by atoms with Crippen molar-refractivity contribution in [2.24, 2.45) is 4.99 Å². The lowest BCUT2D eigenvalue weighted by atomic mass is 9.76. The van der Waals surface area contributed by atoms with Gasteiger partial charge in [0.15, 0.2) is 0 Å². The van der Waals surface area contributed by atoms with E-state index in [1.807, 2.05) is 6.21 Å². The van der Waals surface area contributed by atoms with Gasteiger partial charge in [0.1, 0.15) is 5.82 Å². The Bertz CT molecular complexity index is 1280. The summed E-state index contributed by atoms with van der Waals surface area (Å²) in [6.45, 7) is 14.4. The average molecular weight is 571 g/mol. The minimum absolute atomic E-state index is 0.299. The molecule has 0 fully saturated rings. The van der Waals surface area contributed by atoms with E-state index < -0.39 is 0 Å². The fourth-order valence-electron chi connectivity index (χ4n) is 5.33. The number of hydrogen-bond donors (Lipinski definition) is 1. The van der Waals surface area contributed by atoms with Gasteiger partial charge >= 0.3 is 0 Å². The molecule has 1 unspecified atom stereocenters. The average Bonchev–Trinajstić information content (AvgIpc) is 2.92. The van der Waals surface area contributed by atoms with Crippen molar-refractivity contribution in [1.82, 2.24) is 4.90 Å². The van der Waals surface area contributed by atoms with E-state index in [-0.39, 0.29) is 0 Å². The van der Waals surface area contributed by atoms with Crippen LogP contribution in [0.15, 0.2) is 100 Å². The quantitative estimate of drug-likeness (QED) is 0.220. The predicted octanol–water partition coefficient (Wildman–Crippen LogP) is 9.08. The fourth-order valence-corrected chi connectivity index (χ4v) is 5.75. The number of fused-ring (bicyclic) bond motifs is 1. The third kappa shape index (κ3) is 7.33. The normalized spacial score (nSPS) is 15.2. The summed E-state index contributed by atoms with van der Waals surface area (Å²) < 4.78 is 1.11. The van der Waals surface area contributed by atoms with E-state index in [0.717, 1.165) is 29.5 Å². The van der Waals surface area contributed by atoms with Crippen LogP contribution in [0.5, 0.6) is 0 Å². The molecule has 1 aliphatic rings. The molecule has 1 atom stereocenters. The van der Waals surface area contributed by atoms with E-state index in [1.54, 1.807) is 0 Å². The molecule has 0 heterocycles. The largest absolute Gasteiger partial charge is 0.341 e. The zero-order valence-corrected chi connectivity index (χ0v) is 24.6. The zero-order chi connectivity index (χ0) is 26.9. The van der Waals surface area contributed by atoms with E-state index in [4.69, 9.17) is 4.99 Å². The summed E-state index contributed by atoms with van der Waals surface area (Å²) in [7, 11) is 0. The van der Waals surface area contributed by atoms with Crippen LogP contribution < -0.4 is 5.32 Å². The number of allylic oxidation sites excluding steroid dienone is 2. The van der Waals surface area contributed by atoms with Crippen LogP contribution in [-0.4, -0.2) is 30.7 Å². The monoisotopic (exact) mass is 569 g/mol. The zero-order valence-electron chi connectivity index (χ0n) is 23.0. The highest BCUT2D eigenvalue weighted by molar-refractivity contribution is 9.10. The van der Waals surface area contributed by atoms with Gasteiger partial charge in [-0.3, -0.25) is 0 Å². The van der Waals surface area contributed by atoms with Gasteiger partial charge in [0, 0.05) is 28.8 Å². The molecule has 0 aliphatic heterocycles. The molecule has 3 aromatic carbocycles. The van der Waals surface area contributed by atoms with Gasteiger partial charge in [0.2, 0.25) is 0 Å². The molecule has 3 aromatic rings. The fraction of sp³-hybridized carbons (Fsp3) is 0.324. The molecule has 3 nitrogen and oxygen atoms in total. The number of hydrogen-bond acceptors (Lipinski definition) is 3. The maximum absolute atomic E-state index is 4.73. The Morgan fingerprint density at radius 1 is 1.00 bits per heavy atom. The standard InChI is InChI=1S/C34H40BrN3/c1-5-19-38(20-6-2)21-18-27-14-16-31(17-15-27)37-26(4)36-24-29-23-34(28-10-9-11-30(35)22-28)33-13-8-7-12-32(33)25(29)3/h7-17,22,24,34,37H,4-6,18-21,23H2,1-3H3/b36-24-. The van der Waals surface area contributed by atoms with Crippen molar-refractivity contribution >= 4 is 33.4 Å². The first kappa shape index (κ1) is 28.1. The van der Waals surface area contributed by atoms with Gasteiger partial charge in [-0.15, -0.1) is 0 Å². The summed E-state index contributed by atoms with van der Waals surface area (Å²) in [5, 5.41) is 3.37. The second kappa shape index (κ2) is 13.7. The molecule has 38 heavy (non-hydrogen) atoms. The van der Waals surface area contributed by atoms with E-state index in [9.17, 15) is 0 Å². The van der Waals surface area contributed by atoms with Crippen LogP contribution >= 0.6 is 15.9 Å². The third-order valence-electron chi connectivity index (χ3n) is 7.31. The van der Waals surface area contributed by atoms with E-state index in [2.05, 4.69) is 126 Å². The lowest BCUT2D eigenvalue weighted by Gasteiger charge is -2.28. The molecule has 4 heteroatoms. The summed E-state index contributed by atoms with van der Waals surface area (Å²) in [6.07, 6.45) is 6.40. The molecule has 0 saturated heterocycles. The number of rotatable bonds is 12. The second-order valence-electron chi connectivity index (χ2n) is 10.2. The molecule has 4 rings (SSSR count). The highest BCUT2D eigenvalue weighted by atomic mass is 79.9. The number of nitrogens with zero attached hydrogens (tertiary/aromatic N) is 2. The smallest absolute Gasteiger partial charge is 0.122 e. The second-order valence-corrected chi connectivity index (χ2v) is 11.1. The third-order valence-corrected chi connectivity index (χ3v) is 7.81. The first-order valence-electron chi connectivity index (χ1n) is 13.8. The Hall–Kier alpha value is -2.95. The number of aliphatic imine (C=N–C) groups is 1. The van der Waals surface area contributed by atoms with Crippen molar-refractivity contribution in [3.05, 3.63) is 117 Å². The van der Waals surface area contributed by atoms with Crippen LogP contribution in [0, 0.1) is 0 Å². The van der Waals surface area contributed by atoms with Gasteiger partial charge in [-0.25, -0.2) is 4.99 Å². The van der Waals surface area contributed by atoms with Crippen molar-refractivity contribution in [1.29, 1.82) is 0 Å². The summed E-state index contributed by atoms with van der Waals surface area (Å²) in [5.74, 6) is 0.946. The Balaban J connectivity index is 1.42. The Morgan fingerprint density at radius 3 is 2.45 bits per heavy atom. The first-order valence-corrected chi connectivity index (χ1v) is 14.6. The molecule has 0 saturated carbocycles. The molecular weight excluding hydrogens is 530 g/mol. The molecule has 0 amide bonds. The van der Waals surface area contributed by atoms with Gasteiger partial charge in [-0.1, -0.05) is 84.9 Å².